The molecule has 1 amide bonds. The molecule has 0 atom stereocenters. The summed E-state index contributed by atoms with van der Waals surface area (Å²) in [6, 6.07) is 8.77. The SMILES string of the molecule is Cc1cc(C(=O)N2CCN(S(=O)(=O)c3cccnc3)CC2)c(C)n1Cc1ccco1. The van der Waals surface area contributed by atoms with Crippen molar-refractivity contribution in [1.29, 1.82) is 0 Å². The van der Waals surface area contributed by atoms with E-state index in [9.17, 15) is 13.2 Å². The maximum atomic E-state index is 13.1. The Morgan fingerprint density at radius 3 is 2.53 bits per heavy atom. The third kappa shape index (κ3) is 3.78. The van der Waals surface area contributed by atoms with Gasteiger partial charge in [0, 0.05) is 50.0 Å². The van der Waals surface area contributed by atoms with Gasteiger partial charge in [-0.3, -0.25) is 9.78 Å². The van der Waals surface area contributed by atoms with Gasteiger partial charge in [-0.15, -0.1) is 0 Å². The fourth-order valence-corrected chi connectivity index (χ4v) is 5.16. The predicted molar refractivity (Wildman–Crippen MR) is 111 cm³/mol. The number of nitrogens with zero attached hydrogens (tertiary/aromatic N) is 4. The molecule has 1 aliphatic rings. The van der Waals surface area contributed by atoms with Crippen LogP contribution in [0.2, 0.25) is 0 Å². The molecule has 0 radical (unpaired) electrons. The van der Waals surface area contributed by atoms with Crippen LogP contribution in [0.1, 0.15) is 27.5 Å². The van der Waals surface area contributed by atoms with Crippen molar-refractivity contribution >= 4 is 15.9 Å². The maximum absolute atomic E-state index is 13.1. The van der Waals surface area contributed by atoms with Gasteiger partial charge in [0.15, 0.2) is 0 Å². The highest BCUT2D eigenvalue weighted by Crippen LogP contribution is 2.21. The number of pyridine rings is 1. The van der Waals surface area contributed by atoms with Crippen molar-refractivity contribution in [3.63, 3.8) is 0 Å². The van der Waals surface area contributed by atoms with E-state index >= 15 is 0 Å². The van der Waals surface area contributed by atoms with Crippen LogP contribution in [-0.4, -0.2) is 59.3 Å². The van der Waals surface area contributed by atoms with Gasteiger partial charge in [-0.05, 0) is 44.2 Å². The lowest BCUT2D eigenvalue weighted by Crippen LogP contribution is -2.50. The van der Waals surface area contributed by atoms with Gasteiger partial charge >= 0.3 is 0 Å². The van der Waals surface area contributed by atoms with Crippen LogP contribution in [-0.2, 0) is 16.6 Å². The molecule has 0 N–H and O–H groups in total. The monoisotopic (exact) mass is 428 g/mol. The summed E-state index contributed by atoms with van der Waals surface area (Å²) < 4.78 is 34.4. The molecule has 0 unspecified atom stereocenters. The van der Waals surface area contributed by atoms with Crippen molar-refractivity contribution in [2.75, 3.05) is 26.2 Å². The largest absolute Gasteiger partial charge is 0.467 e. The second kappa shape index (κ2) is 8.08. The minimum atomic E-state index is -3.60. The van der Waals surface area contributed by atoms with Crippen molar-refractivity contribution in [1.82, 2.24) is 18.8 Å². The molecule has 1 aliphatic heterocycles. The van der Waals surface area contributed by atoms with Crippen LogP contribution in [0.15, 0.2) is 58.3 Å². The molecule has 3 aromatic heterocycles. The highest BCUT2D eigenvalue weighted by atomic mass is 32.2. The van der Waals surface area contributed by atoms with Crippen LogP contribution in [0.25, 0.3) is 0 Å². The van der Waals surface area contributed by atoms with Gasteiger partial charge in [0.05, 0.1) is 18.4 Å². The Bertz CT molecular complexity index is 1130. The van der Waals surface area contributed by atoms with Crippen LogP contribution >= 0.6 is 0 Å². The van der Waals surface area contributed by atoms with E-state index in [0.717, 1.165) is 17.1 Å². The van der Waals surface area contributed by atoms with E-state index in [1.165, 1.54) is 22.8 Å². The summed E-state index contributed by atoms with van der Waals surface area (Å²) in [6.07, 6.45) is 4.52. The molecule has 0 spiro atoms. The molecule has 0 saturated carbocycles. The average molecular weight is 429 g/mol. The molecule has 9 heteroatoms. The molecular formula is C21H24N4O4S. The van der Waals surface area contributed by atoms with Crippen molar-refractivity contribution < 1.29 is 17.6 Å². The number of carbonyl (C=O) groups excluding carboxylic acids is 1. The molecule has 1 saturated heterocycles. The highest BCUT2D eigenvalue weighted by Gasteiger charge is 2.31. The van der Waals surface area contributed by atoms with Gasteiger partial charge in [0.25, 0.3) is 5.91 Å². The lowest BCUT2D eigenvalue weighted by atomic mass is 10.2. The van der Waals surface area contributed by atoms with E-state index in [0.29, 0.717) is 25.2 Å². The van der Waals surface area contributed by atoms with Crippen LogP contribution < -0.4 is 0 Å². The fraction of sp³-hybridized carbons (Fsp3) is 0.333. The van der Waals surface area contributed by atoms with Gasteiger partial charge < -0.3 is 13.9 Å². The van der Waals surface area contributed by atoms with E-state index in [1.807, 2.05) is 32.0 Å². The lowest BCUT2D eigenvalue weighted by Gasteiger charge is -2.34. The molecule has 0 aliphatic carbocycles. The van der Waals surface area contributed by atoms with Gasteiger partial charge in [0.2, 0.25) is 10.0 Å². The number of amides is 1. The first-order valence-electron chi connectivity index (χ1n) is 9.76. The molecule has 3 aromatic rings. The summed E-state index contributed by atoms with van der Waals surface area (Å²) in [5, 5.41) is 0. The summed E-state index contributed by atoms with van der Waals surface area (Å²) in [5.74, 6) is 0.747. The number of aryl methyl sites for hydroxylation is 1. The van der Waals surface area contributed by atoms with Gasteiger partial charge in [-0.25, -0.2) is 8.42 Å². The zero-order chi connectivity index (χ0) is 21.3. The summed E-state index contributed by atoms with van der Waals surface area (Å²) >= 11 is 0. The van der Waals surface area contributed by atoms with E-state index in [-0.39, 0.29) is 23.9 Å². The van der Waals surface area contributed by atoms with Crippen LogP contribution in [0.5, 0.6) is 0 Å². The first kappa shape index (κ1) is 20.4. The summed E-state index contributed by atoms with van der Waals surface area (Å²) in [4.78, 5) is 18.9. The van der Waals surface area contributed by atoms with Crippen molar-refractivity contribution in [3.8, 4) is 0 Å². The lowest BCUT2D eigenvalue weighted by molar-refractivity contribution is 0.0697. The van der Waals surface area contributed by atoms with Crippen LogP contribution in [0, 0.1) is 13.8 Å². The standard InChI is InChI=1S/C21H24N4O4S/c1-16-13-20(17(2)25(16)15-18-5-4-12-29-18)21(26)23-8-10-24(11-9-23)30(27,28)19-6-3-7-22-14-19/h3-7,12-14H,8-11,15H2,1-2H3. The van der Waals surface area contributed by atoms with E-state index in [2.05, 4.69) is 9.55 Å². The van der Waals surface area contributed by atoms with E-state index in [4.69, 9.17) is 4.42 Å². The molecule has 0 bridgehead atoms. The number of carbonyl (C=O) groups is 1. The normalized spacial score (nSPS) is 15.5. The third-order valence-corrected chi connectivity index (χ3v) is 7.38. The topological polar surface area (TPSA) is 88.7 Å². The zero-order valence-electron chi connectivity index (χ0n) is 17.0. The minimum Gasteiger partial charge on any atom is -0.467 e. The fourth-order valence-electron chi connectivity index (χ4n) is 3.77. The molecule has 8 nitrogen and oxygen atoms in total. The highest BCUT2D eigenvalue weighted by molar-refractivity contribution is 7.89. The molecule has 158 valence electrons. The molecule has 4 rings (SSSR count). The van der Waals surface area contributed by atoms with Gasteiger partial charge in [0.1, 0.15) is 10.7 Å². The third-order valence-electron chi connectivity index (χ3n) is 5.50. The number of piperazine rings is 1. The second-order valence-corrected chi connectivity index (χ2v) is 9.27. The van der Waals surface area contributed by atoms with Crippen LogP contribution in [0.4, 0.5) is 0 Å². The molecular weight excluding hydrogens is 404 g/mol. The first-order valence-corrected chi connectivity index (χ1v) is 11.2. The molecule has 1 fully saturated rings. The minimum absolute atomic E-state index is 0.0766. The summed E-state index contributed by atoms with van der Waals surface area (Å²) in [5.41, 5.74) is 2.49. The Kier molecular flexibility index (Phi) is 5.48. The number of rotatable bonds is 5. The number of sulfonamides is 1. The summed E-state index contributed by atoms with van der Waals surface area (Å²) in [6.45, 7) is 5.66. The molecule has 0 aromatic carbocycles. The Hall–Kier alpha value is -2.91. The first-order chi connectivity index (χ1) is 14.4. The van der Waals surface area contributed by atoms with Crippen LogP contribution in [0.3, 0.4) is 0 Å². The Morgan fingerprint density at radius 2 is 1.90 bits per heavy atom. The maximum Gasteiger partial charge on any atom is 0.255 e. The van der Waals surface area contributed by atoms with Gasteiger partial charge in [-0.2, -0.15) is 4.31 Å². The Morgan fingerprint density at radius 1 is 1.13 bits per heavy atom. The molecule has 30 heavy (non-hydrogen) atoms. The molecule has 4 heterocycles. The van der Waals surface area contributed by atoms with E-state index < -0.39 is 10.0 Å². The van der Waals surface area contributed by atoms with E-state index in [1.54, 1.807) is 17.2 Å². The number of furan rings is 1. The quantitative estimate of drug-likeness (QED) is 0.622. The average Bonchev–Trinajstić information content (AvgIpc) is 3.38. The van der Waals surface area contributed by atoms with Crippen molar-refractivity contribution in [2.24, 2.45) is 0 Å². The zero-order valence-corrected chi connectivity index (χ0v) is 17.8. The Labute approximate surface area is 175 Å². The predicted octanol–water partition coefficient (Wildman–Crippen LogP) is 2.29. The van der Waals surface area contributed by atoms with Crippen molar-refractivity contribution in [2.45, 2.75) is 25.3 Å². The van der Waals surface area contributed by atoms with Gasteiger partial charge in [-0.1, -0.05) is 0 Å². The number of hydrogen-bond acceptors (Lipinski definition) is 5. The van der Waals surface area contributed by atoms with Crippen molar-refractivity contribution in [3.05, 3.63) is 71.7 Å². The second-order valence-electron chi connectivity index (χ2n) is 7.34. The smallest absolute Gasteiger partial charge is 0.255 e. The Balaban J connectivity index is 1.46. The number of aromatic nitrogens is 2. The summed E-state index contributed by atoms with van der Waals surface area (Å²) in [7, 11) is -3.60. The number of hydrogen-bond donors (Lipinski definition) is 0.